The molecule has 0 N–H and O–H groups in total. The van der Waals surface area contributed by atoms with Gasteiger partial charge in [0.25, 0.3) is 0 Å². The van der Waals surface area contributed by atoms with Gasteiger partial charge < -0.3 is 9.13 Å². The van der Waals surface area contributed by atoms with Crippen molar-refractivity contribution in [2.75, 3.05) is 0 Å². The molecule has 2 nitrogen and oxygen atoms in total. The van der Waals surface area contributed by atoms with E-state index in [1.54, 1.807) is 0 Å². The van der Waals surface area contributed by atoms with E-state index >= 15 is 0 Å². The van der Waals surface area contributed by atoms with Gasteiger partial charge in [-0.15, -0.1) is 0 Å². The van der Waals surface area contributed by atoms with Crippen LogP contribution in [0.15, 0.2) is 242 Å². The fourth-order valence-electron chi connectivity index (χ4n) is 9.28. The lowest BCUT2D eigenvalue weighted by atomic mass is 9.92. The normalized spacial score (nSPS) is 11.7. The van der Waals surface area contributed by atoms with Crippen LogP contribution in [-0.4, -0.2) is 9.13 Å². The summed E-state index contributed by atoms with van der Waals surface area (Å²) in [6.07, 6.45) is 15.6. The van der Waals surface area contributed by atoms with Crippen LogP contribution in [0.5, 0.6) is 0 Å². The molecular weight excluding hydrogens is 821 g/mol. The highest BCUT2D eigenvalue weighted by Crippen LogP contribution is 2.42. The lowest BCUT2D eigenvalue weighted by Crippen LogP contribution is -1.97. The zero-order chi connectivity index (χ0) is 47.4. The predicted octanol–water partition coefficient (Wildman–Crippen LogP) is 19.6. The monoisotopic (exact) mass is 882 g/mol. The molecule has 0 aliphatic heterocycles. The summed E-state index contributed by atoms with van der Waals surface area (Å²) in [5.41, 5.74) is 13.4. The Morgan fingerprint density at radius 2 is 0.941 bits per heavy atom. The van der Waals surface area contributed by atoms with E-state index in [1.165, 1.54) is 104 Å². The molecule has 0 saturated heterocycles. The van der Waals surface area contributed by atoms with E-state index in [0.717, 1.165) is 6.42 Å². The molecule has 0 spiro atoms. The second-order valence-electron chi connectivity index (χ2n) is 16.6. The molecule has 0 radical (unpaired) electrons. The van der Waals surface area contributed by atoms with Crippen LogP contribution in [0.1, 0.15) is 54.9 Å². The topological polar surface area (TPSA) is 9.86 Å². The second-order valence-corrected chi connectivity index (χ2v) is 16.6. The van der Waals surface area contributed by atoms with E-state index in [2.05, 4.69) is 241 Å². The molecule has 0 atom stereocenters. The quantitative estimate of drug-likeness (QED) is 0.111. The average Bonchev–Trinajstić information content (AvgIpc) is 3.92. The van der Waals surface area contributed by atoms with E-state index in [9.17, 15) is 0 Å². The summed E-state index contributed by atoms with van der Waals surface area (Å²) in [6.45, 7) is 14.3. The van der Waals surface area contributed by atoms with E-state index in [1.807, 2.05) is 52.8 Å². The van der Waals surface area contributed by atoms with Gasteiger partial charge in [0.15, 0.2) is 0 Å². The molecule has 11 aromatic rings. The maximum Gasteiger partial charge on any atom is 0.0541 e. The van der Waals surface area contributed by atoms with Gasteiger partial charge in [0.2, 0.25) is 0 Å². The zero-order valence-corrected chi connectivity index (χ0v) is 40.6. The second kappa shape index (κ2) is 22.0. The molecule has 336 valence electrons. The van der Waals surface area contributed by atoms with Crippen LogP contribution in [0.25, 0.3) is 98.8 Å². The van der Waals surface area contributed by atoms with Crippen molar-refractivity contribution in [1.82, 2.24) is 9.13 Å². The third-order valence-electron chi connectivity index (χ3n) is 12.5. The Bertz CT molecular complexity index is 3610. The van der Waals surface area contributed by atoms with Gasteiger partial charge in [-0.1, -0.05) is 202 Å². The number of benzene rings is 9. The Kier molecular flexibility index (Phi) is 15.1. The van der Waals surface area contributed by atoms with Crippen LogP contribution < -0.4 is 0 Å². The molecule has 9 aromatic carbocycles. The summed E-state index contributed by atoms with van der Waals surface area (Å²) < 4.78 is 4.84. The fourth-order valence-corrected chi connectivity index (χ4v) is 9.28. The summed E-state index contributed by atoms with van der Waals surface area (Å²) in [6, 6.07) is 71.0. The number of hydrogen-bond acceptors (Lipinski definition) is 0. The Hall–Kier alpha value is -7.94. The van der Waals surface area contributed by atoms with Crippen LogP contribution in [0.2, 0.25) is 0 Å². The summed E-state index contributed by atoms with van der Waals surface area (Å²) in [5, 5.41) is 10.1. The fraction of sp³-hybridized carbons (Fsp3) is 0.121. The maximum atomic E-state index is 2.46. The largest absolute Gasteiger partial charge is 0.309 e. The van der Waals surface area contributed by atoms with Crippen molar-refractivity contribution in [3.63, 3.8) is 0 Å². The molecule has 0 aliphatic rings. The first-order valence-electron chi connectivity index (χ1n) is 24.2. The van der Waals surface area contributed by atoms with Crippen LogP contribution in [0.4, 0.5) is 0 Å². The Morgan fingerprint density at radius 1 is 0.426 bits per heavy atom. The van der Waals surface area contributed by atoms with Crippen molar-refractivity contribution >= 4 is 65.2 Å². The summed E-state index contributed by atoms with van der Waals surface area (Å²) in [7, 11) is 0. The number of nitrogens with zero attached hydrogens (tertiary/aromatic N) is 2. The number of allylic oxidation sites excluding steroid dienone is 8. The molecule has 11 rings (SSSR count). The number of para-hydroxylation sites is 4. The molecule has 2 aromatic heterocycles. The molecular formula is C66H62N2. The number of fused-ring (bicyclic) bond motifs is 9. The van der Waals surface area contributed by atoms with Crippen molar-refractivity contribution in [1.29, 1.82) is 0 Å². The van der Waals surface area contributed by atoms with Gasteiger partial charge in [-0.2, -0.15) is 0 Å². The first-order valence-corrected chi connectivity index (χ1v) is 24.2. The van der Waals surface area contributed by atoms with Gasteiger partial charge in [-0.25, -0.2) is 0 Å². The van der Waals surface area contributed by atoms with Crippen LogP contribution >= 0.6 is 0 Å². The molecule has 0 saturated carbocycles. The maximum absolute atomic E-state index is 2.46. The molecule has 2 heterocycles. The van der Waals surface area contributed by atoms with Crippen LogP contribution in [-0.2, 0) is 0 Å². The van der Waals surface area contributed by atoms with Gasteiger partial charge in [0.1, 0.15) is 0 Å². The highest BCUT2D eigenvalue weighted by Gasteiger charge is 2.19. The van der Waals surface area contributed by atoms with Crippen molar-refractivity contribution in [3.05, 3.63) is 242 Å². The highest BCUT2D eigenvalue weighted by molar-refractivity contribution is 6.16. The third-order valence-corrected chi connectivity index (χ3v) is 12.5. The van der Waals surface area contributed by atoms with Gasteiger partial charge in [0.05, 0.1) is 27.8 Å². The van der Waals surface area contributed by atoms with Crippen LogP contribution in [0, 0.1) is 0 Å². The summed E-state index contributed by atoms with van der Waals surface area (Å²) >= 11 is 0. The number of aromatic nitrogens is 2. The minimum absolute atomic E-state index is 1.13. The van der Waals surface area contributed by atoms with Crippen molar-refractivity contribution in [2.24, 2.45) is 0 Å². The summed E-state index contributed by atoms with van der Waals surface area (Å²) in [5.74, 6) is 0. The molecule has 0 aliphatic carbocycles. The predicted molar refractivity (Wildman–Crippen MR) is 301 cm³/mol. The van der Waals surface area contributed by atoms with E-state index in [4.69, 9.17) is 0 Å². The summed E-state index contributed by atoms with van der Waals surface area (Å²) in [4.78, 5) is 0. The zero-order valence-electron chi connectivity index (χ0n) is 40.6. The van der Waals surface area contributed by atoms with Crippen LogP contribution in [0.3, 0.4) is 0 Å². The Balaban J connectivity index is 0.000000341. The molecule has 0 fully saturated rings. The van der Waals surface area contributed by atoms with Gasteiger partial charge >= 0.3 is 0 Å². The molecule has 0 amide bonds. The standard InChI is InChI=1S/C50H32N2.2C7H12.C2H6/c1-2-15-36(16-3-1)51-46-23-11-9-21-41(46)44-30-33(26-28-49(44)51)34-27-29-50-45(31-34)42-22-10-13-25-48(42)52(50)47-24-12-8-20-40(47)43-32-35-14-4-5-17-37(35)38-18-6-7-19-39(38)43;1-4-6-7(3)5-2;1-3-5-7-6-4-2;1-2/h1-32H;4-6H,1-3H3;3,5-7H,4H2,1-2H3;1-2H3/b;6-4-,7-5+;5-3-,7-6-;. The van der Waals surface area contributed by atoms with Gasteiger partial charge in [-0.3, -0.25) is 0 Å². The Labute approximate surface area is 403 Å². The first-order chi connectivity index (χ1) is 33.5. The number of rotatable bonds is 7. The third kappa shape index (κ3) is 9.37. The smallest absolute Gasteiger partial charge is 0.0541 e. The van der Waals surface area contributed by atoms with E-state index < -0.39 is 0 Å². The average molecular weight is 883 g/mol. The first kappa shape index (κ1) is 46.6. The molecule has 68 heavy (non-hydrogen) atoms. The van der Waals surface area contributed by atoms with Crippen molar-refractivity contribution < 1.29 is 0 Å². The molecule has 0 unspecified atom stereocenters. The lowest BCUT2D eigenvalue weighted by Gasteiger charge is -2.17. The highest BCUT2D eigenvalue weighted by atomic mass is 15.0. The Morgan fingerprint density at radius 3 is 1.54 bits per heavy atom. The molecule has 2 heteroatoms. The molecule has 0 bridgehead atoms. The minimum Gasteiger partial charge on any atom is -0.309 e. The van der Waals surface area contributed by atoms with E-state index in [-0.39, 0.29) is 0 Å². The van der Waals surface area contributed by atoms with E-state index in [0.29, 0.717) is 0 Å². The van der Waals surface area contributed by atoms with Crippen molar-refractivity contribution in [3.8, 4) is 33.6 Å². The van der Waals surface area contributed by atoms with Gasteiger partial charge in [0, 0.05) is 32.8 Å². The SMILES string of the molecule is C/C=C\C(C)=C\C.C/C=C\C=C/CC.CC.c1ccc(-n2c3ccccc3c3cc(-c4ccc5c(c4)c4ccccc4n5-c4ccccc4-c4cc5ccccc5c5ccccc45)ccc32)cc1. The lowest BCUT2D eigenvalue weighted by molar-refractivity contribution is 1.18. The van der Waals surface area contributed by atoms with Crippen molar-refractivity contribution in [2.45, 2.75) is 54.9 Å². The van der Waals surface area contributed by atoms with Gasteiger partial charge in [-0.05, 0) is 133 Å². The number of hydrogen-bond donors (Lipinski definition) is 0. The minimum atomic E-state index is 1.13.